The quantitative estimate of drug-likeness (QED) is 0.692. The lowest BCUT2D eigenvalue weighted by molar-refractivity contribution is -0.150. The van der Waals surface area contributed by atoms with E-state index in [2.05, 4.69) is 16.4 Å². The fraction of sp³-hybridized carbons (Fsp3) is 0.522. The van der Waals surface area contributed by atoms with Crippen LogP contribution in [0.3, 0.4) is 0 Å². The van der Waals surface area contributed by atoms with Gasteiger partial charge in [-0.3, -0.25) is 19.7 Å². The molecule has 0 bridgehead atoms. The molecule has 0 spiro atoms. The first kappa shape index (κ1) is 20.1. The van der Waals surface area contributed by atoms with E-state index < -0.39 is 17.9 Å². The second-order valence-corrected chi connectivity index (χ2v) is 8.92. The molecule has 2 saturated heterocycles. The molecule has 3 atom stereocenters. The van der Waals surface area contributed by atoms with Gasteiger partial charge in [-0.25, -0.2) is 0 Å². The maximum absolute atomic E-state index is 13.4. The second-order valence-electron chi connectivity index (χ2n) is 8.92. The molecule has 3 aliphatic heterocycles. The number of piperidine rings is 1. The molecule has 0 aliphatic carbocycles. The predicted octanol–water partition coefficient (Wildman–Crippen LogP) is 1.50. The van der Waals surface area contributed by atoms with Crippen molar-refractivity contribution >= 4 is 28.7 Å². The standard InChI is InChI=1S/C23H28N4O4/c28-21(18-11-16-15-6-1-2-7-17(15)25-19(16)12-24-18)27-10-4-8-20(27)22(29)26-9-3-5-14(13-26)23(30)31/h1-2,6-7,14,18,20,24-25H,3-5,8-13H2,(H,30,31)/t14?,18-,20+/m1/s1. The molecule has 1 aromatic heterocycles. The largest absolute Gasteiger partial charge is 0.481 e. The third kappa shape index (κ3) is 3.59. The number of carbonyl (C=O) groups excluding carboxylic acids is 2. The summed E-state index contributed by atoms with van der Waals surface area (Å²) < 4.78 is 0. The lowest BCUT2D eigenvalue weighted by Crippen LogP contribution is -2.55. The maximum atomic E-state index is 13.4. The summed E-state index contributed by atoms with van der Waals surface area (Å²) in [5, 5.41) is 13.8. The summed E-state index contributed by atoms with van der Waals surface area (Å²) in [6.07, 6.45) is 3.33. The third-order valence-electron chi connectivity index (χ3n) is 7.04. The van der Waals surface area contributed by atoms with Crippen LogP contribution in [0.25, 0.3) is 10.9 Å². The van der Waals surface area contributed by atoms with Crippen molar-refractivity contribution in [1.82, 2.24) is 20.1 Å². The van der Waals surface area contributed by atoms with Crippen molar-refractivity contribution in [3.63, 3.8) is 0 Å². The van der Waals surface area contributed by atoms with Crippen LogP contribution in [0.1, 0.15) is 36.9 Å². The smallest absolute Gasteiger partial charge is 0.308 e. The van der Waals surface area contributed by atoms with E-state index in [-0.39, 0.29) is 24.4 Å². The number of nitrogens with one attached hydrogen (secondary N) is 2. The molecule has 5 rings (SSSR count). The SMILES string of the molecule is O=C(O)C1CCCN(C(=O)[C@@H]2CCCN2C(=O)[C@H]2Cc3c([nH]c4ccccc34)CN2)C1. The zero-order chi connectivity index (χ0) is 21.5. The van der Waals surface area contributed by atoms with Gasteiger partial charge in [0.05, 0.1) is 12.0 Å². The van der Waals surface area contributed by atoms with Gasteiger partial charge < -0.3 is 19.9 Å². The number of fused-ring (bicyclic) bond motifs is 3. The maximum Gasteiger partial charge on any atom is 0.308 e. The molecule has 1 aromatic carbocycles. The van der Waals surface area contributed by atoms with Crippen LogP contribution in [0.5, 0.6) is 0 Å². The van der Waals surface area contributed by atoms with Crippen molar-refractivity contribution in [1.29, 1.82) is 0 Å². The van der Waals surface area contributed by atoms with E-state index in [0.29, 0.717) is 45.3 Å². The Kier molecular flexibility index (Phi) is 5.17. The van der Waals surface area contributed by atoms with Gasteiger partial charge in [0.25, 0.3) is 0 Å². The second kappa shape index (κ2) is 8.00. The van der Waals surface area contributed by atoms with E-state index in [1.807, 2.05) is 18.2 Å². The van der Waals surface area contributed by atoms with Gasteiger partial charge in [-0.05, 0) is 43.7 Å². The molecule has 0 saturated carbocycles. The van der Waals surface area contributed by atoms with Gasteiger partial charge >= 0.3 is 5.97 Å². The summed E-state index contributed by atoms with van der Waals surface area (Å²) in [6.45, 7) is 1.98. The molecule has 31 heavy (non-hydrogen) atoms. The van der Waals surface area contributed by atoms with E-state index >= 15 is 0 Å². The Labute approximate surface area is 180 Å². The van der Waals surface area contributed by atoms with Crippen LogP contribution in [0.2, 0.25) is 0 Å². The van der Waals surface area contributed by atoms with Gasteiger partial charge in [-0.15, -0.1) is 0 Å². The number of nitrogens with zero attached hydrogens (tertiary/aromatic N) is 2. The minimum Gasteiger partial charge on any atom is -0.481 e. The van der Waals surface area contributed by atoms with E-state index in [0.717, 1.165) is 23.0 Å². The third-order valence-corrected chi connectivity index (χ3v) is 7.04. The molecule has 1 unspecified atom stereocenters. The highest BCUT2D eigenvalue weighted by Crippen LogP contribution is 2.29. The Hall–Kier alpha value is -2.87. The first-order valence-electron chi connectivity index (χ1n) is 11.2. The van der Waals surface area contributed by atoms with Gasteiger partial charge in [-0.1, -0.05) is 18.2 Å². The average molecular weight is 425 g/mol. The Balaban J connectivity index is 1.31. The number of aromatic amines is 1. The van der Waals surface area contributed by atoms with Gasteiger partial charge in [-0.2, -0.15) is 0 Å². The predicted molar refractivity (Wildman–Crippen MR) is 114 cm³/mol. The Bertz CT molecular complexity index is 1030. The van der Waals surface area contributed by atoms with Crippen LogP contribution in [0, 0.1) is 5.92 Å². The number of carboxylic acid groups (broad SMARTS) is 1. The molecule has 2 aromatic rings. The number of likely N-dealkylation sites (tertiary alicyclic amines) is 2. The fourth-order valence-corrected chi connectivity index (χ4v) is 5.39. The van der Waals surface area contributed by atoms with Crippen molar-refractivity contribution in [3.05, 3.63) is 35.5 Å². The molecule has 8 heteroatoms. The highest BCUT2D eigenvalue weighted by atomic mass is 16.4. The topological polar surface area (TPSA) is 106 Å². The number of aliphatic carboxylic acids is 1. The van der Waals surface area contributed by atoms with E-state index in [1.54, 1.807) is 9.80 Å². The highest BCUT2D eigenvalue weighted by Gasteiger charge is 2.41. The van der Waals surface area contributed by atoms with Crippen molar-refractivity contribution in [2.45, 2.75) is 50.7 Å². The molecule has 2 fully saturated rings. The Morgan fingerprint density at radius 2 is 1.84 bits per heavy atom. The Morgan fingerprint density at radius 1 is 1.03 bits per heavy atom. The molecule has 8 nitrogen and oxygen atoms in total. The highest BCUT2D eigenvalue weighted by molar-refractivity contribution is 5.92. The van der Waals surface area contributed by atoms with Crippen molar-refractivity contribution in [2.75, 3.05) is 19.6 Å². The molecule has 4 heterocycles. The minimum absolute atomic E-state index is 0.0291. The average Bonchev–Trinajstić information content (AvgIpc) is 3.42. The number of hydrogen-bond acceptors (Lipinski definition) is 4. The number of benzene rings is 1. The van der Waals surface area contributed by atoms with Gasteiger partial charge in [0.2, 0.25) is 11.8 Å². The number of para-hydroxylation sites is 1. The first-order valence-corrected chi connectivity index (χ1v) is 11.2. The summed E-state index contributed by atoms with van der Waals surface area (Å²) in [6, 6.07) is 7.29. The van der Waals surface area contributed by atoms with Gasteiger partial charge in [0.1, 0.15) is 6.04 Å². The van der Waals surface area contributed by atoms with E-state index in [4.69, 9.17) is 0 Å². The normalized spacial score (nSPS) is 26.1. The lowest BCUT2D eigenvalue weighted by Gasteiger charge is -2.36. The van der Waals surface area contributed by atoms with Gasteiger partial charge in [0, 0.05) is 42.8 Å². The van der Waals surface area contributed by atoms with E-state index in [9.17, 15) is 19.5 Å². The number of carbonyl (C=O) groups is 3. The number of H-pyrrole nitrogens is 1. The summed E-state index contributed by atoms with van der Waals surface area (Å²) in [4.78, 5) is 44.8. The molecular weight excluding hydrogens is 396 g/mol. The number of rotatable bonds is 3. The summed E-state index contributed by atoms with van der Waals surface area (Å²) in [5.41, 5.74) is 3.37. The minimum atomic E-state index is -0.849. The van der Waals surface area contributed by atoms with Gasteiger partial charge in [0.15, 0.2) is 0 Å². The first-order chi connectivity index (χ1) is 15.0. The number of carboxylic acids is 1. The summed E-state index contributed by atoms with van der Waals surface area (Å²) in [5.74, 6) is -1.49. The Morgan fingerprint density at radius 3 is 2.68 bits per heavy atom. The molecular formula is C23H28N4O4. The fourth-order valence-electron chi connectivity index (χ4n) is 5.39. The summed E-state index contributed by atoms with van der Waals surface area (Å²) in [7, 11) is 0. The van der Waals surface area contributed by atoms with Crippen molar-refractivity contribution < 1.29 is 19.5 Å². The lowest BCUT2D eigenvalue weighted by atomic mass is 9.96. The van der Waals surface area contributed by atoms with Crippen LogP contribution >= 0.6 is 0 Å². The zero-order valence-corrected chi connectivity index (χ0v) is 17.5. The zero-order valence-electron chi connectivity index (χ0n) is 17.5. The number of amides is 2. The molecule has 2 amide bonds. The van der Waals surface area contributed by atoms with Crippen LogP contribution in [0.4, 0.5) is 0 Å². The van der Waals surface area contributed by atoms with Crippen molar-refractivity contribution in [2.24, 2.45) is 5.92 Å². The van der Waals surface area contributed by atoms with Crippen LogP contribution in [-0.4, -0.2) is 69.4 Å². The summed E-state index contributed by atoms with van der Waals surface area (Å²) >= 11 is 0. The molecule has 164 valence electrons. The van der Waals surface area contributed by atoms with Crippen LogP contribution in [0.15, 0.2) is 24.3 Å². The van der Waals surface area contributed by atoms with Crippen LogP contribution < -0.4 is 5.32 Å². The van der Waals surface area contributed by atoms with Crippen LogP contribution in [-0.2, 0) is 27.3 Å². The number of hydrogen-bond donors (Lipinski definition) is 3. The molecule has 0 radical (unpaired) electrons. The monoisotopic (exact) mass is 424 g/mol. The molecule has 3 N–H and O–H groups in total. The number of aromatic nitrogens is 1. The van der Waals surface area contributed by atoms with Crippen molar-refractivity contribution in [3.8, 4) is 0 Å². The molecule has 3 aliphatic rings. The van der Waals surface area contributed by atoms with E-state index in [1.165, 1.54) is 5.56 Å².